The van der Waals surface area contributed by atoms with E-state index in [1.807, 2.05) is 0 Å². The summed E-state index contributed by atoms with van der Waals surface area (Å²) >= 11 is 5.83. The molecule has 0 saturated carbocycles. The van der Waals surface area contributed by atoms with Crippen molar-refractivity contribution in [3.63, 3.8) is 0 Å². The van der Waals surface area contributed by atoms with Crippen LogP contribution in [0, 0.1) is 11.7 Å². The maximum absolute atomic E-state index is 12.8. The fourth-order valence-corrected chi connectivity index (χ4v) is 1.58. The Morgan fingerprint density at radius 1 is 1.41 bits per heavy atom. The van der Waals surface area contributed by atoms with Gasteiger partial charge in [0.05, 0.1) is 11.6 Å². The third-order valence-electron chi connectivity index (χ3n) is 2.20. The Hall–Kier alpha value is -0.800. The van der Waals surface area contributed by atoms with E-state index in [0.717, 1.165) is 19.5 Å². The summed E-state index contributed by atoms with van der Waals surface area (Å²) in [4.78, 5) is 0. The van der Waals surface area contributed by atoms with Gasteiger partial charge in [0.1, 0.15) is 11.6 Å². The minimum atomic E-state index is -0.346. The fraction of sp³-hybridized carbons (Fsp3) is 0.538. The molecule has 0 spiro atoms. The number of halogens is 2. The molecule has 1 rings (SSSR count). The molecule has 2 nitrogen and oxygen atoms in total. The molecular formula is C13H19ClFNO. The molecule has 0 aliphatic heterocycles. The van der Waals surface area contributed by atoms with E-state index in [2.05, 4.69) is 19.2 Å². The predicted octanol–water partition coefficient (Wildman–Crippen LogP) is 3.49. The molecule has 0 aliphatic carbocycles. The second kappa shape index (κ2) is 7.51. The second-order valence-electron chi connectivity index (χ2n) is 4.37. The lowest BCUT2D eigenvalue weighted by molar-refractivity contribution is 0.307. The van der Waals surface area contributed by atoms with Crippen molar-refractivity contribution >= 4 is 11.6 Å². The summed E-state index contributed by atoms with van der Waals surface area (Å²) < 4.78 is 18.2. The highest BCUT2D eigenvalue weighted by Crippen LogP contribution is 2.24. The summed E-state index contributed by atoms with van der Waals surface area (Å²) in [5.41, 5.74) is 0. The number of hydrogen-bond acceptors (Lipinski definition) is 2. The topological polar surface area (TPSA) is 21.3 Å². The van der Waals surface area contributed by atoms with Crippen LogP contribution in [0.2, 0.25) is 5.02 Å². The van der Waals surface area contributed by atoms with Gasteiger partial charge < -0.3 is 10.1 Å². The van der Waals surface area contributed by atoms with E-state index >= 15 is 0 Å². The minimum Gasteiger partial charge on any atom is -0.492 e. The van der Waals surface area contributed by atoms with Crippen molar-refractivity contribution in [1.29, 1.82) is 0 Å². The zero-order chi connectivity index (χ0) is 12.7. The average molecular weight is 260 g/mol. The molecule has 0 unspecified atom stereocenters. The summed E-state index contributed by atoms with van der Waals surface area (Å²) in [5, 5.41) is 3.64. The average Bonchev–Trinajstić information content (AvgIpc) is 2.25. The molecule has 0 amide bonds. The zero-order valence-electron chi connectivity index (χ0n) is 10.3. The van der Waals surface area contributed by atoms with Crippen LogP contribution in [0.1, 0.15) is 20.3 Å². The molecule has 0 aliphatic rings. The van der Waals surface area contributed by atoms with Crippen LogP contribution >= 0.6 is 11.6 Å². The summed E-state index contributed by atoms with van der Waals surface area (Å²) in [5.74, 6) is 0.848. The summed E-state index contributed by atoms with van der Waals surface area (Å²) in [7, 11) is 0. The van der Waals surface area contributed by atoms with E-state index in [4.69, 9.17) is 16.3 Å². The van der Waals surface area contributed by atoms with Gasteiger partial charge in [-0.2, -0.15) is 0 Å². The highest BCUT2D eigenvalue weighted by Gasteiger charge is 2.02. The second-order valence-corrected chi connectivity index (χ2v) is 4.78. The van der Waals surface area contributed by atoms with Crippen LogP contribution in [0.4, 0.5) is 4.39 Å². The molecule has 0 atom stereocenters. The number of benzene rings is 1. The molecule has 0 fully saturated rings. The van der Waals surface area contributed by atoms with E-state index in [-0.39, 0.29) is 5.82 Å². The van der Waals surface area contributed by atoms with Crippen LogP contribution in [0.5, 0.6) is 5.75 Å². The maximum Gasteiger partial charge on any atom is 0.138 e. The first kappa shape index (κ1) is 14.3. The molecule has 0 bridgehead atoms. The lowest BCUT2D eigenvalue weighted by Crippen LogP contribution is -2.22. The molecule has 17 heavy (non-hydrogen) atoms. The van der Waals surface area contributed by atoms with Crippen LogP contribution < -0.4 is 10.1 Å². The number of rotatable bonds is 7. The smallest absolute Gasteiger partial charge is 0.138 e. The first-order valence-electron chi connectivity index (χ1n) is 5.88. The molecule has 1 N–H and O–H groups in total. The Bertz CT molecular complexity index is 344. The van der Waals surface area contributed by atoms with Gasteiger partial charge in [0.25, 0.3) is 0 Å². The van der Waals surface area contributed by atoms with Gasteiger partial charge in [0.15, 0.2) is 0 Å². The van der Waals surface area contributed by atoms with Crippen LogP contribution in [-0.4, -0.2) is 19.7 Å². The highest BCUT2D eigenvalue weighted by molar-refractivity contribution is 6.32. The van der Waals surface area contributed by atoms with Gasteiger partial charge in [0, 0.05) is 0 Å². The molecular weight excluding hydrogens is 241 g/mol. The van der Waals surface area contributed by atoms with Crippen LogP contribution in [-0.2, 0) is 0 Å². The van der Waals surface area contributed by atoms with E-state index in [1.165, 1.54) is 12.1 Å². The lowest BCUT2D eigenvalue weighted by atomic mass is 10.2. The number of ether oxygens (including phenoxy) is 1. The van der Waals surface area contributed by atoms with Gasteiger partial charge in [-0.05, 0) is 43.6 Å². The highest BCUT2D eigenvalue weighted by atomic mass is 35.5. The van der Waals surface area contributed by atoms with Crippen LogP contribution in [0.25, 0.3) is 0 Å². The Morgan fingerprint density at radius 2 is 2.18 bits per heavy atom. The first-order valence-corrected chi connectivity index (χ1v) is 6.26. The fourth-order valence-electron chi connectivity index (χ4n) is 1.36. The third-order valence-corrected chi connectivity index (χ3v) is 2.50. The molecule has 0 radical (unpaired) electrons. The van der Waals surface area contributed by atoms with Crippen molar-refractivity contribution in [2.45, 2.75) is 20.3 Å². The van der Waals surface area contributed by atoms with Crippen molar-refractivity contribution in [3.05, 3.63) is 29.0 Å². The standard InChI is InChI=1S/C13H19ClFNO/c1-10(2)9-16-6-3-7-17-13-5-4-11(15)8-12(13)14/h4-5,8,10,16H,3,6-7,9H2,1-2H3. The molecule has 4 heteroatoms. The van der Waals surface area contributed by atoms with Gasteiger partial charge >= 0.3 is 0 Å². The van der Waals surface area contributed by atoms with Gasteiger partial charge in [0.2, 0.25) is 0 Å². The predicted molar refractivity (Wildman–Crippen MR) is 69.2 cm³/mol. The van der Waals surface area contributed by atoms with Crippen molar-refractivity contribution < 1.29 is 9.13 Å². The normalized spacial score (nSPS) is 10.9. The Balaban J connectivity index is 2.18. The van der Waals surface area contributed by atoms with E-state index in [9.17, 15) is 4.39 Å². The Morgan fingerprint density at radius 3 is 2.82 bits per heavy atom. The molecule has 1 aromatic carbocycles. The molecule has 96 valence electrons. The summed E-state index contributed by atoms with van der Waals surface area (Å²) in [6.45, 7) is 6.84. The Kier molecular flexibility index (Phi) is 6.30. The summed E-state index contributed by atoms with van der Waals surface area (Å²) in [6.07, 6.45) is 0.903. The Labute approximate surface area is 107 Å². The van der Waals surface area contributed by atoms with Crippen LogP contribution in [0.3, 0.4) is 0 Å². The zero-order valence-corrected chi connectivity index (χ0v) is 11.1. The first-order chi connectivity index (χ1) is 8.09. The van der Waals surface area contributed by atoms with Gasteiger partial charge in [-0.25, -0.2) is 4.39 Å². The van der Waals surface area contributed by atoms with Crippen molar-refractivity contribution in [2.75, 3.05) is 19.7 Å². The molecule has 0 saturated heterocycles. The molecule has 1 aromatic rings. The monoisotopic (exact) mass is 259 g/mol. The molecule has 0 aromatic heterocycles. The largest absolute Gasteiger partial charge is 0.492 e. The van der Waals surface area contributed by atoms with E-state index in [1.54, 1.807) is 6.07 Å². The third kappa shape index (κ3) is 5.89. The van der Waals surface area contributed by atoms with Crippen molar-refractivity contribution in [2.24, 2.45) is 5.92 Å². The van der Waals surface area contributed by atoms with Crippen molar-refractivity contribution in [1.82, 2.24) is 5.32 Å². The van der Waals surface area contributed by atoms with Crippen molar-refractivity contribution in [3.8, 4) is 5.75 Å². The van der Waals surface area contributed by atoms with E-state index in [0.29, 0.717) is 23.3 Å². The van der Waals surface area contributed by atoms with Crippen LogP contribution in [0.15, 0.2) is 18.2 Å². The van der Waals surface area contributed by atoms with Gasteiger partial charge in [-0.1, -0.05) is 25.4 Å². The molecule has 0 heterocycles. The maximum atomic E-state index is 12.8. The van der Waals surface area contributed by atoms with Gasteiger partial charge in [-0.3, -0.25) is 0 Å². The van der Waals surface area contributed by atoms with Gasteiger partial charge in [-0.15, -0.1) is 0 Å². The number of hydrogen-bond donors (Lipinski definition) is 1. The minimum absolute atomic E-state index is 0.320. The lowest BCUT2D eigenvalue weighted by Gasteiger charge is -2.09. The SMILES string of the molecule is CC(C)CNCCCOc1ccc(F)cc1Cl. The summed E-state index contributed by atoms with van der Waals surface area (Å²) in [6, 6.07) is 4.16. The quantitative estimate of drug-likeness (QED) is 0.757. The van der Waals surface area contributed by atoms with E-state index < -0.39 is 0 Å². The number of nitrogens with one attached hydrogen (secondary N) is 1.